The van der Waals surface area contributed by atoms with Crippen LogP contribution in [0.2, 0.25) is 5.22 Å². The largest absolute Gasteiger partial charge is 0.344 e. The van der Waals surface area contributed by atoms with E-state index in [0.29, 0.717) is 12.1 Å². The Bertz CT molecular complexity index is 775. The molecule has 0 fully saturated rings. The first kappa shape index (κ1) is 17.2. The number of halogens is 1. The van der Waals surface area contributed by atoms with Crippen LogP contribution in [-0.4, -0.2) is 16.0 Å². The van der Waals surface area contributed by atoms with Gasteiger partial charge in [-0.3, -0.25) is 9.78 Å². The van der Waals surface area contributed by atoms with Gasteiger partial charge in [-0.2, -0.15) is 0 Å². The Balaban J connectivity index is 1.73. The minimum Gasteiger partial charge on any atom is -0.344 e. The predicted octanol–water partition coefficient (Wildman–Crippen LogP) is 3.87. The zero-order chi connectivity index (χ0) is 17.6. The SMILES string of the molecule is Cc1noc(Cl)c1CCC(=O)N[C@@H](c1ccccc1)c1ccccn1. The fourth-order valence-electron chi connectivity index (χ4n) is 2.63. The number of aromatic nitrogens is 2. The van der Waals surface area contributed by atoms with Gasteiger partial charge in [0.25, 0.3) is 0 Å². The maximum absolute atomic E-state index is 12.5. The minimum atomic E-state index is -0.297. The van der Waals surface area contributed by atoms with Gasteiger partial charge in [0.15, 0.2) is 0 Å². The third-order valence-electron chi connectivity index (χ3n) is 3.96. The molecule has 6 heteroatoms. The van der Waals surface area contributed by atoms with Crippen LogP contribution in [0.3, 0.4) is 0 Å². The van der Waals surface area contributed by atoms with Gasteiger partial charge in [-0.25, -0.2) is 0 Å². The van der Waals surface area contributed by atoms with Crippen LogP contribution >= 0.6 is 11.6 Å². The maximum Gasteiger partial charge on any atom is 0.229 e. The second-order valence-corrected chi connectivity index (χ2v) is 6.03. The van der Waals surface area contributed by atoms with E-state index in [9.17, 15) is 4.79 Å². The van der Waals surface area contributed by atoms with Crippen molar-refractivity contribution in [3.05, 3.63) is 82.5 Å². The molecule has 0 radical (unpaired) electrons. The third kappa shape index (κ3) is 4.25. The lowest BCUT2D eigenvalue weighted by Crippen LogP contribution is -2.30. The van der Waals surface area contributed by atoms with E-state index in [1.807, 2.05) is 55.5 Å². The van der Waals surface area contributed by atoms with Gasteiger partial charge in [0, 0.05) is 18.2 Å². The molecular formula is C19H18ClN3O2. The zero-order valence-electron chi connectivity index (χ0n) is 13.8. The van der Waals surface area contributed by atoms with Crippen LogP contribution in [0.4, 0.5) is 0 Å². The predicted molar refractivity (Wildman–Crippen MR) is 95.2 cm³/mol. The van der Waals surface area contributed by atoms with Crippen LogP contribution in [0.25, 0.3) is 0 Å². The molecule has 5 nitrogen and oxygen atoms in total. The summed E-state index contributed by atoms with van der Waals surface area (Å²) in [5, 5.41) is 7.10. The average molecular weight is 356 g/mol. The second-order valence-electron chi connectivity index (χ2n) is 5.69. The summed E-state index contributed by atoms with van der Waals surface area (Å²) in [7, 11) is 0. The summed E-state index contributed by atoms with van der Waals surface area (Å²) in [6.07, 6.45) is 2.49. The molecule has 25 heavy (non-hydrogen) atoms. The summed E-state index contributed by atoms with van der Waals surface area (Å²) in [6.45, 7) is 1.81. The average Bonchev–Trinajstić information content (AvgIpc) is 2.97. The fraction of sp³-hybridized carbons (Fsp3) is 0.211. The Labute approximate surface area is 151 Å². The number of carbonyl (C=O) groups excluding carboxylic acids is 1. The highest BCUT2D eigenvalue weighted by molar-refractivity contribution is 6.29. The molecule has 1 atom stereocenters. The summed E-state index contributed by atoms with van der Waals surface area (Å²) >= 11 is 5.96. The molecule has 0 unspecified atom stereocenters. The molecule has 0 saturated carbocycles. The van der Waals surface area contributed by atoms with Crippen molar-refractivity contribution in [3.8, 4) is 0 Å². The number of amides is 1. The van der Waals surface area contributed by atoms with Crippen molar-refractivity contribution < 1.29 is 9.32 Å². The first-order valence-corrected chi connectivity index (χ1v) is 8.39. The number of rotatable bonds is 6. The first-order valence-electron chi connectivity index (χ1n) is 8.01. The standard InChI is InChI=1S/C19H18ClN3O2/c1-13-15(19(20)25-23-13)10-11-17(24)22-18(14-7-3-2-4-8-14)16-9-5-6-12-21-16/h2-9,12,18H,10-11H2,1H3,(H,22,24)/t18-/m0/s1. The Hall–Kier alpha value is -2.66. The Kier molecular flexibility index (Phi) is 5.46. The van der Waals surface area contributed by atoms with Crippen molar-refractivity contribution in [2.75, 3.05) is 0 Å². The summed E-state index contributed by atoms with van der Waals surface area (Å²) < 4.78 is 4.92. The number of nitrogens with zero attached hydrogens (tertiary/aromatic N) is 2. The molecule has 2 aromatic heterocycles. The van der Waals surface area contributed by atoms with Gasteiger partial charge in [-0.05, 0) is 42.6 Å². The van der Waals surface area contributed by atoms with Crippen LogP contribution in [0.15, 0.2) is 59.3 Å². The van der Waals surface area contributed by atoms with Crippen molar-refractivity contribution in [2.24, 2.45) is 0 Å². The monoisotopic (exact) mass is 355 g/mol. The van der Waals surface area contributed by atoms with E-state index in [0.717, 1.165) is 16.8 Å². The lowest BCUT2D eigenvalue weighted by atomic mass is 10.0. The Morgan fingerprint density at radius 2 is 1.96 bits per heavy atom. The zero-order valence-corrected chi connectivity index (χ0v) is 14.5. The molecule has 1 amide bonds. The summed E-state index contributed by atoms with van der Waals surface area (Å²) in [6, 6.07) is 15.1. The van der Waals surface area contributed by atoms with Crippen LogP contribution < -0.4 is 5.32 Å². The van der Waals surface area contributed by atoms with E-state index in [2.05, 4.69) is 15.5 Å². The number of carbonyl (C=O) groups is 1. The van der Waals surface area contributed by atoms with Crippen LogP contribution in [0, 0.1) is 6.92 Å². The molecule has 3 aromatic rings. The maximum atomic E-state index is 12.5. The van der Waals surface area contributed by atoms with Gasteiger partial charge in [-0.15, -0.1) is 0 Å². The minimum absolute atomic E-state index is 0.0869. The summed E-state index contributed by atoms with van der Waals surface area (Å²) in [4.78, 5) is 16.9. The normalized spacial score (nSPS) is 11.9. The highest BCUT2D eigenvalue weighted by atomic mass is 35.5. The molecule has 0 spiro atoms. The number of benzene rings is 1. The van der Waals surface area contributed by atoms with Gasteiger partial charge >= 0.3 is 0 Å². The van der Waals surface area contributed by atoms with Gasteiger partial charge in [0.2, 0.25) is 11.1 Å². The second kappa shape index (κ2) is 7.94. The van der Waals surface area contributed by atoms with Gasteiger partial charge in [-0.1, -0.05) is 41.6 Å². The molecule has 0 bridgehead atoms. The lowest BCUT2D eigenvalue weighted by molar-refractivity contribution is -0.121. The Morgan fingerprint density at radius 3 is 2.60 bits per heavy atom. The smallest absolute Gasteiger partial charge is 0.229 e. The van der Waals surface area contributed by atoms with E-state index in [-0.39, 0.29) is 23.6 Å². The summed E-state index contributed by atoms with van der Waals surface area (Å²) in [5.74, 6) is -0.0869. The number of nitrogens with one attached hydrogen (secondary N) is 1. The van der Waals surface area contributed by atoms with Crippen LogP contribution in [0.5, 0.6) is 0 Å². The molecule has 0 aliphatic carbocycles. The van der Waals surface area contributed by atoms with Crippen molar-refractivity contribution in [2.45, 2.75) is 25.8 Å². The molecule has 0 aliphatic rings. The summed E-state index contributed by atoms with van der Waals surface area (Å²) in [5.41, 5.74) is 3.25. The van der Waals surface area contributed by atoms with Gasteiger partial charge in [0.05, 0.1) is 17.4 Å². The van der Waals surface area contributed by atoms with E-state index in [1.165, 1.54) is 0 Å². The fourth-order valence-corrected chi connectivity index (χ4v) is 2.90. The van der Waals surface area contributed by atoms with Crippen LogP contribution in [-0.2, 0) is 11.2 Å². The van der Waals surface area contributed by atoms with Crippen molar-refractivity contribution in [3.63, 3.8) is 0 Å². The Morgan fingerprint density at radius 1 is 1.20 bits per heavy atom. The number of aryl methyl sites for hydroxylation is 1. The van der Waals surface area contributed by atoms with E-state index in [1.54, 1.807) is 6.20 Å². The van der Waals surface area contributed by atoms with Gasteiger partial charge < -0.3 is 9.84 Å². The van der Waals surface area contributed by atoms with Crippen LogP contribution in [0.1, 0.15) is 35.0 Å². The number of hydrogen-bond donors (Lipinski definition) is 1. The van der Waals surface area contributed by atoms with E-state index >= 15 is 0 Å². The molecule has 2 heterocycles. The number of hydrogen-bond acceptors (Lipinski definition) is 4. The molecule has 0 aliphatic heterocycles. The van der Waals surface area contributed by atoms with Gasteiger partial charge in [0.1, 0.15) is 0 Å². The molecule has 0 saturated heterocycles. The first-order chi connectivity index (χ1) is 12.1. The van der Waals surface area contributed by atoms with Crippen molar-refractivity contribution in [1.82, 2.24) is 15.5 Å². The molecule has 1 N–H and O–H groups in total. The lowest BCUT2D eigenvalue weighted by Gasteiger charge is -2.19. The van der Waals surface area contributed by atoms with Crippen molar-refractivity contribution >= 4 is 17.5 Å². The topological polar surface area (TPSA) is 68.0 Å². The molecule has 3 rings (SSSR count). The third-order valence-corrected chi connectivity index (χ3v) is 4.26. The molecule has 128 valence electrons. The quantitative estimate of drug-likeness (QED) is 0.728. The highest BCUT2D eigenvalue weighted by Gasteiger charge is 2.19. The van der Waals surface area contributed by atoms with Crippen molar-refractivity contribution in [1.29, 1.82) is 0 Å². The number of pyridine rings is 1. The van der Waals surface area contributed by atoms with E-state index < -0.39 is 0 Å². The highest BCUT2D eigenvalue weighted by Crippen LogP contribution is 2.22. The molecule has 1 aromatic carbocycles. The van der Waals surface area contributed by atoms with E-state index in [4.69, 9.17) is 16.1 Å². The molecular weight excluding hydrogens is 338 g/mol.